The van der Waals surface area contributed by atoms with Gasteiger partial charge in [0.15, 0.2) is 0 Å². The standard InChI is InChI=1S/C12H28N2/c1-10(2)14(11(3)4)9-12(5)7-6-8-13/h10-12H,6-9,13H2,1-5H3. The van der Waals surface area contributed by atoms with E-state index in [1.54, 1.807) is 0 Å². The largest absolute Gasteiger partial charge is 0.330 e. The van der Waals surface area contributed by atoms with Crippen molar-refractivity contribution in [3.05, 3.63) is 0 Å². The molecule has 0 amide bonds. The summed E-state index contributed by atoms with van der Waals surface area (Å²) in [6.07, 6.45) is 2.41. The fourth-order valence-electron chi connectivity index (χ4n) is 1.94. The van der Waals surface area contributed by atoms with Gasteiger partial charge < -0.3 is 5.73 Å². The molecule has 1 unspecified atom stereocenters. The SMILES string of the molecule is CC(CCCN)CN(C(C)C)C(C)C. The predicted molar refractivity (Wildman–Crippen MR) is 64.4 cm³/mol. The van der Waals surface area contributed by atoms with Crippen molar-refractivity contribution in [2.24, 2.45) is 11.7 Å². The lowest BCUT2D eigenvalue weighted by molar-refractivity contribution is 0.147. The fourth-order valence-corrected chi connectivity index (χ4v) is 1.94. The topological polar surface area (TPSA) is 29.3 Å². The summed E-state index contributed by atoms with van der Waals surface area (Å²) in [6.45, 7) is 13.5. The van der Waals surface area contributed by atoms with E-state index in [1.807, 2.05) is 0 Å². The smallest absolute Gasteiger partial charge is 0.00414 e. The van der Waals surface area contributed by atoms with Crippen LogP contribution in [0.4, 0.5) is 0 Å². The van der Waals surface area contributed by atoms with E-state index in [0.717, 1.165) is 18.9 Å². The van der Waals surface area contributed by atoms with Gasteiger partial charge in [-0.3, -0.25) is 4.90 Å². The van der Waals surface area contributed by atoms with E-state index >= 15 is 0 Å². The van der Waals surface area contributed by atoms with Crippen LogP contribution in [0.1, 0.15) is 47.5 Å². The van der Waals surface area contributed by atoms with Crippen LogP contribution in [0.5, 0.6) is 0 Å². The van der Waals surface area contributed by atoms with Gasteiger partial charge in [0.25, 0.3) is 0 Å². The van der Waals surface area contributed by atoms with Gasteiger partial charge in [-0.25, -0.2) is 0 Å². The predicted octanol–water partition coefficient (Wildman–Crippen LogP) is 2.48. The highest BCUT2D eigenvalue weighted by Gasteiger charge is 2.15. The Labute approximate surface area is 89.9 Å². The summed E-state index contributed by atoms with van der Waals surface area (Å²) in [4.78, 5) is 2.56. The van der Waals surface area contributed by atoms with E-state index in [9.17, 15) is 0 Å². The molecule has 0 fully saturated rings. The van der Waals surface area contributed by atoms with Crippen LogP contribution in [0.15, 0.2) is 0 Å². The zero-order valence-corrected chi connectivity index (χ0v) is 10.6. The number of nitrogens with two attached hydrogens (primary N) is 1. The number of hydrogen-bond acceptors (Lipinski definition) is 2. The van der Waals surface area contributed by atoms with E-state index in [-0.39, 0.29) is 0 Å². The molecule has 0 bridgehead atoms. The lowest BCUT2D eigenvalue weighted by Crippen LogP contribution is -2.40. The van der Waals surface area contributed by atoms with E-state index in [4.69, 9.17) is 5.73 Å². The van der Waals surface area contributed by atoms with Gasteiger partial charge in [-0.05, 0) is 53.0 Å². The van der Waals surface area contributed by atoms with Gasteiger partial charge in [-0.1, -0.05) is 6.92 Å². The minimum Gasteiger partial charge on any atom is -0.330 e. The molecular weight excluding hydrogens is 172 g/mol. The van der Waals surface area contributed by atoms with Crippen LogP contribution in [-0.4, -0.2) is 30.1 Å². The molecule has 0 aliphatic carbocycles. The summed E-state index contributed by atoms with van der Waals surface area (Å²) < 4.78 is 0. The van der Waals surface area contributed by atoms with Crippen molar-refractivity contribution >= 4 is 0 Å². The summed E-state index contributed by atoms with van der Waals surface area (Å²) in [5.74, 6) is 0.767. The Kier molecular flexibility index (Phi) is 7.20. The molecule has 0 radical (unpaired) electrons. The first kappa shape index (κ1) is 13.9. The first-order valence-corrected chi connectivity index (χ1v) is 5.94. The lowest BCUT2D eigenvalue weighted by Gasteiger charge is -2.33. The summed E-state index contributed by atoms with van der Waals surface area (Å²) in [5, 5.41) is 0. The Bertz CT molecular complexity index is 124. The molecule has 0 saturated carbocycles. The number of hydrogen-bond donors (Lipinski definition) is 1. The van der Waals surface area contributed by atoms with Crippen LogP contribution in [0.25, 0.3) is 0 Å². The molecule has 86 valence electrons. The zero-order chi connectivity index (χ0) is 11.1. The van der Waals surface area contributed by atoms with Gasteiger partial charge in [0.2, 0.25) is 0 Å². The Hall–Kier alpha value is -0.0800. The van der Waals surface area contributed by atoms with E-state index in [0.29, 0.717) is 12.1 Å². The molecule has 1 atom stereocenters. The minimum atomic E-state index is 0.648. The second-order valence-electron chi connectivity index (χ2n) is 4.92. The molecule has 0 heterocycles. The summed E-state index contributed by atoms with van der Waals surface area (Å²) in [7, 11) is 0. The molecule has 0 aliphatic rings. The van der Waals surface area contributed by atoms with Crippen LogP contribution in [0.3, 0.4) is 0 Å². The van der Waals surface area contributed by atoms with Crippen molar-refractivity contribution in [1.29, 1.82) is 0 Å². The quantitative estimate of drug-likeness (QED) is 0.684. The second kappa shape index (κ2) is 7.24. The molecule has 0 aromatic heterocycles. The molecule has 2 N–H and O–H groups in total. The molecule has 2 heteroatoms. The highest BCUT2D eigenvalue weighted by atomic mass is 15.2. The fraction of sp³-hybridized carbons (Fsp3) is 1.00. The molecule has 0 rings (SSSR count). The van der Waals surface area contributed by atoms with Crippen LogP contribution >= 0.6 is 0 Å². The molecule has 14 heavy (non-hydrogen) atoms. The normalized spacial score (nSPS) is 14.4. The first-order chi connectivity index (χ1) is 6.49. The first-order valence-electron chi connectivity index (χ1n) is 5.94. The highest BCUT2D eigenvalue weighted by molar-refractivity contribution is 4.70. The van der Waals surface area contributed by atoms with Crippen LogP contribution in [-0.2, 0) is 0 Å². The van der Waals surface area contributed by atoms with E-state index in [2.05, 4.69) is 39.5 Å². The van der Waals surface area contributed by atoms with Crippen LogP contribution in [0, 0.1) is 5.92 Å². The van der Waals surface area contributed by atoms with Crippen LogP contribution < -0.4 is 5.73 Å². The van der Waals surface area contributed by atoms with E-state index in [1.165, 1.54) is 13.0 Å². The molecule has 0 spiro atoms. The van der Waals surface area contributed by atoms with Crippen LogP contribution in [0.2, 0.25) is 0 Å². The van der Waals surface area contributed by atoms with Gasteiger partial charge in [0.1, 0.15) is 0 Å². The van der Waals surface area contributed by atoms with E-state index < -0.39 is 0 Å². The number of nitrogens with zero attached hydrogens (tertiary/aromatic N) is 1. The third-order valence-corrected chi connectivity index (χ3v) is 2.75. The average Bonchev–Trinajstić information content (AvgIpc) is 2.09. The van der Waals surface area contributed by atoms with Gasteiger partial charge in [-0.2, -0.15) is 0 Å². The third kappa shape index (κ3) is 5.61. The van der Waals surface area contributed by atoms with Gasteiger partial charge in [0, 0.05) is 18.6 Å². The Morgan fingerprint density at radius 3 is 1.86 bits per heavy atom. The summed E-state index contributed by atoms with van der Waals surface area (Å²) in [5.41, 5.74) is 5.51. The molecular formula is C12H28N2. The summed E-state index contributed by atoms with van der Waals surface area (Å²) in [6, 6.07) is 1.30. The molecule has 0 saturated heterocycles. The van der Waals surface area contributed by atoms with Gasteiger partial charge in [0.05, 0.1) is 0 Å². The second-order valence-corrected chi connectivity index (χ2v) is 4.92. The van der Waals surface area contributed by atoms with Crippen molar-refractivity contribution in [1.82, 2.24) is 4.90 Å². The average molecular weight is 200 g/mol. The number of rotatable bonds is 7. The molecule has 0 aromatic rings. The van der Waals surface area contributed by atoms with Gasteiger partial charge >= 0.3 is 0 Å². The maximum Gasteiger partial charge on any atom is 0.00414 e. The molecule has 0 aromatic carbocycles. The Morgan fingerprint density at radius 1 is 1.00 bits per heavy atom. The Morgan fingerprint density at radius 2 is 1.50 bits per heavy atom. The van der Waals surface area contributed by atoms with Crippen molar-refractivity contribution in [3.63, 3.8) is 0 Å². The van der Waals surface area contributed by atoms with Crippen molar-refractivity contribution in [2.45, 2.75) is 59.5 Å². The summed E-state index contributed by atoms with van der Waals surface area (Å²) >= 11 is 0. The molecule has 2 nitrogen and oxygen atoms in total. The lowest BCUT2D eigenvalue weighted by atomic mass is 10.0. The molecule has 0 aliphatic heterocycles. The maximum atomic E-state index is 5.51. The highest BCUT2D eigenvalue weighted by Crippen LogP contribution is 2.12. The monoisotopic (exact) mass is 200 g/mol. The van der Waals surface area contributed by atoms with Crippen molar-refractivity contribution < 1.29 is 0 Å². The zero-order valence-electron chi connectivity index (χ0n) is 10.6. The van der Waals surface area contributed by atoms with Crippen molar-refractivity contribution in [3.8, 4) is 0 Å². The third-order valence-electron chi connectivity index (χ3n) is 2.75. The van der Waals surface area contributed by atoms with Gasteiger partial charge in [-0.15, -0.1) is 0 Å². The van der Waals surface area contributed by atoms with Crippen molar-refractivity contribution in [2.75, 3.05) is 13.1 Å². The maximum absolute atomic E-state index is 5.51. The minimum absolute atomic E-state index is 0.648. The Balaban J connectivity index is 3.90.